The molecule has 0 amide bonds. The van der Waals surface area contributed by atoms with Gasteiger partial charge in [-0.05, 0) is 43.0 Å². The van der Waals surface area contributed by atoms with Gasteiger partial charge >= 0.3 is 0 Å². The summed E-state index contributed by atoms with van der Waals surface area (Å²) >= 11 is 0. The molecule has 0 bridgehead atoms. The van der Waals surface area contributed by atoms with E-state index in [2.05, 4.69) is 27.7 Å². The van der Waals surface area contributed by atoms with Crippen molar-refractivity contribution in [2.24, 2.45) is 5.92 Å². The highest BCUT2D eigenvalue weighted by Crippen LogP contribution is 2.32. The van der Waals surface area contributed by atoms with Crippen molar-refractivity contribution in [3.63, 3.8) is 0 Å². The predicted molar refractivity (Wildman–Crippen MR) is 65.7 cm³/mol. The first-order valence-electron chi connectivity index (χ1n) is 6.38. The van der Waals surface area contributed by atoms with Crippen LogP contribution in [0, 0.1) is 5.92 Å². The van der Waals surface area contributed by atoms with Gasteiger partial charge in [-0.3, -0.25) is 0 Å². The van der Waals surface area contributed by atoms with Crippen LogP contribution in [-0.2, 0) is 6.54 Å². The molecule has 0 aliphatic heterocycles. The molecule has 1 N–H and O–H groups in total. The summed E-state index contributed by atoms with van der Waals surface area (Å²) in [6.45, 7) is 3.83. The van der Waals surface area contributed by atoms with E-state index in [9.17, 15) is 0 Å². The van der Waals surface area contributed by atoms with Gasteiger partial charge in [-0.1, -0.05) is 0 Å². The molecule has 3 rings (SSSR count). The van der Waals surface area contributed by atoms with Crippen LogP contribution >= 0.6 is 0 Å². The lowest BCUT2D eigenvalue weighted by Crippen LogP contribution is -2.31. The second-order valence-corrected chi connectivity index (χ2v) is 4.77. The summed E-state index contributed by atoms with van der Waals surface area (Å²) in [6.07, 6.45) is 4.33. The van der Waals surface area contributed by atoms with Crippen LogP contribution in [0.15, 0.2) is 22.8 Å². The highest BCUT2D eigenvalue weighted by Gasteiger charge is 2.27. The maximum Gasteiger partial charge on any atom is 0.240 e. The third-order valence-electron chi connectivity index (χ3n) is 3.30. The van der Waals surface area contributed by atoms with E-state index in [0.717, 1.165) is 19.0 Å². The molecule has 1 atom stereocenters. The Morgan fingerprint density at radius 2 is 2.44 bits per heavy atom. The van der Waals surface area contributed by atoms with Gasteiger partial charge in [-0.25, -0.2) is 0 Å². The summed E-state index contributed by atoms with van der Waals surface area (Å²) in [5, 5.41) is 15.7. The number of hydrogen-bond donors (Lipinski definition) is 1. The van der Waals surface area contributed by atoms with Crippen molar-refractivity contribution in [3.8, 4) is 11.6 Å². The van der Waals surface area contributed by atoms with E-state index >= 15 is 0 Å². The first-order valence-corrected chi connectivity index (χ1v) is 6.38. The molecule has 2 heterocycles. The van der Waals surface area contributed by atoms with Crippen molar-refractivity contribution in [2.75, 3.05) is 6.54 Å². The third kappa shape index (κ3) is 2.59. The van der Waals surface area contributed by atoms with Crippen LogP contribution in [0.2, 0.25) is 0 Å². The molecule has 0 saturated heterocycles. The van der Waals surface area contributed by atoms with E-state index in [1.807, 2.05) is 12.1 Å². The van der Waals surface area contributed by atoms with Gasteiger partial charge in [0.05, 0.1) is 12.8 Å². The largest absolute Gasteiger partial charge is 0.461 e. The lowest BCUT2D eigenvalue weighted by molar-refractivity contribution is 0.437. The van der Waals surface area contributed by atoms with Crippen LogP contribution in [0.3, 0.4) is 0 Å². The minimum Gasteiger partial charge on any atom is -0.461 e. The Morgan fingerprint density at radius 3 is 3.17 bits per heavy atom. The predicted octanol–water partition coefficient (Wildman–Crippen LogP) is 1.32. The Morgan fingerprint density at radius 1 is 1.56 bits per heavy atom. The lowest BCUT2D eigenvalue weighted by Gasteiger charge is -2.11. The molecular formula is C12H17N5O. The molecule has 0 aromatic carbocycles. The fourth-order valence-electron chi connectivity index (χ4n) is 2.00. The van der Waals surface area contributed by atoms with Crippen LogP contribution in [0.4, 0.5) is 0 Å². The molecule has 1 aliphatic rings. The first-order chi connectivity index (χ1) is 8.83. The van der Waals surface area contributed by atoms with E-state index in [0.29, 0.717) is 17.6 Å². The van der Waals surface area contributed by atoms with Crippen molar-refractivity contribution in [2.45, 2.75) is 32.4 Å². The summed E-state index contributed by atoms with van der Waals surface area (Å²) in [4.78, 5) is 1.60. The van der Waals surface area contributed by atoms with Gasteiger partial charge in [0.2, 0.25) is 5.82 Å². The molecule has 1 aliphatic carbocycles. The van der Waals surface area contributed by atoms with Crippen molar-refractivity contribution in [3.05, 3.63) is 18.4 Å². The van der Waals surface area contributed by atoms with Crippen molar-refractivity contribution < 1.29 is 4.42 Å². The number of hydrogen-bond acceptors (Lipinski definition) is 5. The fourth-order valence-corrected chi connectivity index (χ4v) is 2.00. The molecule has 1 fully saturated rings. The second kappa shape index (κ2) is 4.89. The SMILES string of the molecule is CC(NCCn1nnc(-c2ccco2)n1)C1CC1. The molecule has 18 heavy (non-hydrogen) atoms. The van der Waals surface area contributed by atoms with E-state index in [1.54, 1.807) is 11.1 Å². The quantitative estimate of drug-likeness (QED) is 0.833. The summed E-state index contributed by atoms with van der Waals surface area (Å²) in [7, 11) is 0. The summed E-state index contributed by atoms with van der Waals surface area (Å²) < 4.78 is 5.22. The van der Waals surface area contributed by atoms with Crippen LogP contribution < -0.4 is 5.32 Å². The van der Waals surface area contributed by atoms with E-state index in [4.69, 9.17) is 4.42 Å². The van der Waals surface area contributed by atoms with Crippen LogP contribution in [0.25, 0.3) is 11.6 Å². The normalized spacial score (nSPS) is 16.9. The van der Waals surface area contributed by atoms with E-state index in [-0.39, 0.29) is 0 Å². The van der Waals surface area contributed by atoms with Gasteiger partial charge in [0.25, 0.3) is 0 Å². The zero-order chi connectivity index (χ0) is 12.4. The molecular weight excluding hydrogens is 230 g/mol. The van der Waals surface area contributed by atoms with Gasteiger partial charge < -0.3 is 9.73 Å². The van der Waals surface area contributed by atoms with Crippen LogP contribution in [-0.4, -0.2) is 32.8 Å². The Bertz CT molecular complexity index is 488. The minimum atomic E-state index is 0.537. The van der Waals surface area contributed by atoms with Crippen LogP contribution in [0.5, 0.6) is 0 Å². The summed E-state index contributed by atoms with van der Waals surface area (Å²) in [6, 6.07) is 4.24. The first kappa shape index (κ1) is 11.4. The zero-order valence-electron chi connectivity index (χ0n) is 10.4. The average Bonchev–Trinajstić information content (AvgIpc) is 2.90. The number of rotatable bonds is 6. The van der Waals surface area contributed by atoms with E-state index < -0.39 is 0 Å². The summed E-state index contributed by atoms with van der Waals surface area (Å²) in [5.74, 6) is 2.06. The van der Waals surface area contributed by atoms with Crippen molar-refractivity contribution in [1.82, 2.24) is 25.5 Å². The van der Waals surface area contributed by atoms with Gasteiger partial charge in [0.1, 0.15) is 0 Å². The maximum atomic E-state index is 5.22. The van der Waals surface area contributed by atoms with Crippen molar-refractivity contribution in [1.29, 1.82) is 0 Å². The highest BCUT2D eigenvalue weighted by molar-refractivity contribution is 5.43. The van der Waals surface area contributed by atoms with Gasteiger partial charge in [-0.15, -0.1) is 10.2 Å². The summed E-state index contributed by atoms with van der Waals surface area (Å²) in [5.41, 5.74) is 0. The minimum absolute atomic E-state index is 0.537. The maximum absolute atomic E-state index is 5.22. The molecule has 0 radical (unpaired) electrons. The van der Waals surface area contributed by atoms with Gasteiger partial charge in [-0.2, -0.15) is 4.80 Å². The number of furan rings is 1. The standard InChI is InChI=1S/C12H17N5O/c1-9(10-4-5-10)13-6-7-17-15-12(14-16-17)11-3-2-8-18-11/h2-3,8-10,13H,4-7H2,1H3. The average molecular weight is 247 g/mol. The highest BCUT2D eigenvalue weighted by atomic mass is 16.3. The molecule has 6 nitrogen and oxygen atoms in total. The number of aromatic nitrogens is 4. The topological polar surface area (TPSA) is 68.8 Å². The third-order valence-corrected chi connectivity index (χ3v) is 3.30. The number of nitrogens with one attached hydrogen (secondary N) is 1. The van der Waals surface area contributed by atoms with Gasteiger partial charge in [0.15, 0.2) is 5.76 Å². The Labute approximate surface area is 105 Å². The smallest absolute Gasteiger partial charge is 0.240 e. The number of tetrazole rings is 1. The number of nitrogens with zero attached hydrogens (tertiary/aromatic N) is 4. The second-order valence-electron chi connectivity index (χ2n) is 4.77. The lowest BCUT2D eigenvalue weighted by atomic mass is 10.2. The zero-order valence-corrected chi connectivity index (χ0v) is 10.4. The van der Waals surface area contributed by atoms with Crippen molar-refractivity contribution >= 4 is 0 Å². The van der Waals surface area contributed by atoms with E-state index in [1.165, 1.54) is 12.8 Å². The van der Waals surface area contributed by atoms with Gasteiger partial charge in [0, 0.05) is 12.6 Å². The molecule has 2 aromatic rings. The Kier molecular flexibility index (Phi) is 3.10. The molecule has 2 aromatic heterocycles. The molecule has 1 unspecified atom stereocenters. The van der Waals surface area contributed by atoms with Crippen LogP contribution in [0.1, 0.15) is 19.8 Å². The molecule has 6 heteroatoms. The Balaban J connectivity index is 1.51. The fraction of sp³-hybridized carbons (Fsp3) is 0.583. The Hall–Kier alpha value is -1.69. The molecule has 0 spiro atoms. The molecule has 96 valence electrons. The molecule has 1 saturated carbocycles. The monoisotopic (exact) mass is 247 g/mol.